The van der Waals surface area contributed by atoms with E-state index in [9.17, 15) is 9.90 Å². The molecule has 0 spiro atoms. The van der Waals surface area contributed by atoms with E-state index in [0.717, 1.165) is 0 Å². The Morgan fingerprint density at radius 1 is 1.31 bits per heavy atom. The molecule has 1 rings (SSSR count). The Balaban J connectivity index is 2.45. The van der Waals surface area contributed by atoms with E-state index < -0.39 is 5.60 Å². The van der Waals surface area contributed by atoms with Gasteiger partial charge in [-0.05, 0) is 34.6 Å². The average Bonchev–Trinajstić information content (AvgIpc) is 1.97. The van der Waals surface area contributed by atoms with Gasteiger partial charge in [-0.25, -0.2) is 0 Å². The fraction of sp³-hybridized carbons (Fsp3) is 0.917. The van der Waals surface area contributed by atoms with Gasteiger partial charge in [-0.3, -0.25) is 9.69 Å². The molecule has 0 bridgehead atoms. The third-order valence-corrected chi connectivity index (χ3v) is 2.89. The maximum Gasteiger partial charge on any atom is 0.237 e. The quantitative estimate of drug-likeness (QED) is 0.770. The van der Waals surface area contributed by atoms with Crippen LogP contribution in [-0.2, 0) is 4.79 Å². The summed E-state index contributed by atoms with van der Waals surface area (Å²) in [5, 5.41) is 9.59. The van der Waals surface area contributed by atoms with E-state index in [1.54, 1.807) is 6.92 Å². The van der Waals surface area contributed by atoms with Crippen LogP contribution in [-0.4, -0.2) is 58.1 Å². The van der Waals surface area contributed by atoms with Crippen molar-refractivity contribution in [3.63, 3.8) is 0 Å². The molecule has 1 saturated heterocycles. The lowest BCUT2D eigenvalue weighted by atomic mass is 9.97. The van der Waals surface area contributed by atoms with E-state index in [0.29, 0.717) is 19.6 Å². The fourth-order valence-corrected chi connectivity index (χ4v) is 2.47. The van der Waals surface area contributed by atoms with Crippen LogP contribution in [0.2, 0.25) is 0 Å². The Bertz CT molecular complexity index is 246. The van der Waals surface area contributed by atoms with Gasteiger partial charge in [-0.15, -0.1) is 0 Å². The van der Waals surface area contributed by atoms with Gasteiger partial charge in [0, 0.05) is 25.2 Å². The molecule has 0 saturated carbocycles. The van der Waals surface area contributed by atoms with Gasteiger partial charge in [0.15, 0.2) is 0 Å². The summed E-state index contributed by atoms with van der Waals surface area (Å²) in [5.74, 6) is 0.153. The highest BCUT2D eigenvalue weighted by Gasteiger charge is 2.38. The Morgan fingerprint density at radius 3 is 2.06 bits per heavy atom. The van der Waals surface area contributed by atoms with Crippen molar-refractivity contribution in [1.29, 1.82) is 0 Å². The number of nitrogens with zero attached hydrogens (tertiary/aromatic N) is 2. The molecule has 0 aromatic heterocycles. The molecule has 1 aliphatic rings. The molecule has 1 aliphatic heterocycles. The first-order valence-electron chi connectivity index (χ1n) is 5.99. The molecular weight excluding hydrogens is 204 g/mol. The molecule has 4 nitrogen and oxygen atoms in total. The van der Waals surface area contributed by atoms with Crippen LogP contribution < -0.4 is 0 Å². The average molecular weight is 228 g/mol. The van der Waals surface area contributed by atoms with E-state index in [1.165, 1.54) is 0 Å². The molecular formula is C12H24N2O2. The highest BCUT2D eigenvalue weighted by atomic mass is 16.3. The van der Waals surface area contributed by atoms with E-state index in [-0.39, 0.29) is 18.0 Å². The number of likely N-dealkylation sites (tertiary alicyclic amines) is 1. The predicted octanol–water partition coefficient (Wildman–Crippen LogP) is 0.698. The summed E-state index contributed by atoms with van der Waals surface area (Å²) in [7, 11) is 0. The highest BCUT2D eigenvalue weighted by molar-refractivity contribution is 5.79. The van der Waals surface area contributed by atoms with Crippen molar-refractivity contribution in [3.8, 4) is 0 Å². The second kappa shape index (κ2) is 4.72. The van der Waals surface area contributed by atoms with Crippen LogP contribution in [0, 0.1) is 0 Å². The lowest BCUT2D eigenvalue weighted by Crippen LogP contribution is -2.62. The number of rotatable bonds is 4. The first-order valence-corrected chi connectivity index (χ1v) is 5.99. The lowest BCUT2D eigenvalue weighted by Gasteiger charge is -2.45. The standard InChI is InChI=1S/C12H24N2O2/c1-9(2)14(10(3)4)11(15)6-13-7-12(5,16)8-13/h9-10,16H,6-8H2,1-5H3. The number of carbonyl (C=O) groups excluding carboxylic acids is 1. The van der Waals surface area contributed by atoms with Gasteiger partial charge in [0.2, 0.25) is 5.91 Å². The molecule has 0 aromatic carbocycles. The number of amides is 1. The molecule has 1 N–H and O–H groups in total. The van der Waals surface area contributed by atoms with Crippen molar-refractivity contribution in [2.75, 3.05) is 19.6 Å². The summed E-state index contributed by atoms with van der Waals surface area (Å²) in [6.07, 6.45) is 0. The van der Waals surface area contributed by atoms with Gasteiger partial charge in [0.1, 0.15) is 0 Å². The Morgan fingerprint density at radius 2 is 1.75 bits per heavy atom. The Hall–Kier alpha value is -0.610. The van der Waals surface area contributed by atoms with Gasteiger partial charge in [0.05, 0.1) is 12.1 Å². The zero-order valence-corrected chi connectivity index (χ0v) is 11.0. The van der Waals surface area contributed by atoms with Crippen molar-refractivity contribution in [2.45, 2.75) is 52.3 Å². The normalized spacial score (nSPS) is 20.0. The number of β-amino-alcohol motifs (C(OH)–C–C–N with tert-alkyl or cyclic N) is 1. The number of hydrogen-bond donors (Lipinski definition) is 1. The van der Waals surface area contributed by atoms with E-state index in [4.69, 9.17) is 0 Å². The molecule has 0 aromatic rings. The van der Waals surface area contributed by atoms with Crippen LogP contribution in [0.1, 0.15) is 34.6 Å². The van der Waals surface area contributed by atoms with Crippen LogP contribution >= 0.6 is 0 Å². The molecule has 0 aliphatic carbocycles. The smallest absolute Gasteiger partial charge is 0.237 e. The van der Waals surface area contributed by atoms with Crippen LogP contribution in [0.5, 0.6) is 0 Å². The molecule has 4 heteroatoms. The van der Waals surface area contributed by atoms with E-state index in [1.807, 2.05) is 37.5 Å². The van der Waals surface area contributed by atoms with Crippen molar-refractivity contribution < 1.29 is 9.90 Å². The number of hydrogen-bond acceptors (Lipinski definition) is 3. The lowest BCUT2D eigenvalue weighted by molar-refractivity contribution is -0.143. The number of carbonyl (C=O) groups is 1. The van der Waals surface area contributed by atoms with Crippen LogP contribution in [0.25, 0.3) is 0 Å². The summed E-state index contributed by atoms with van der Waals surface area (Å²) >= 11 is 0. The summed E-state index contributed by atoms with van der Waals surface area (Å²) < 4.78 is 0. The van der Waals surface area contributed by atoms with Crippen molar-refractivity contribution in [3.05, 3.63) is 0 Å². The molecule has 94 valence electrons. The first kappa shape index (κ1) is 13.5. The fourth-order valence-electron chi connectivity index (χ4n) is 2.47. The predicted molar refractivity (Wildman–Crippen MR) is 64.2 cm³/mol. The summed E-state index contributed by atoms with van der Waals surface area (Å²) in [6, 6.07) is 0.462. The Kier molecular flexibility index (Phi) is 3.97. The van der Waals surface area contributed by atoms with Crippen LogP contribution in [0.15, 0.2) is 0 Å². The SMILES string of the molecule is CC(C)N(C(=O)CN1CC(C)(O)C1)C(C)C. The minimum atomic E-state index is -0.596. The molecule has 0 atom stereocenters. The summed E-state index contributed by atoms with van der Waals surface area (Å²) in [4.78, 5) is 15.9. The molecule has 0 radical (unpaired) electrons. The van der Waals surface area contributed by atoms with Crippen molar-refractivity contribution >= 4 is 5.91 Å². The van der Waals surface area contributed by atoms with Gasteiger partial charge in [0.25, 0.3) is 0 Å². The maximum absolute atomic E-state index is 12.0. The minimum Gasteiger partial charge on any atom is -0.388 e. The molecule has 0 unspecified atom stereocenters. The summed E-state index contributed by atoms with van der Waals surface area (Å²) in [5.41, 5.74) is -0.596. The monoisotopic (exact) mass is 228 g/mol. The number of aliphatic hydroxyl groups is 1. The van der Waals surface area contributed by atoms with Crippen molar-refractivity contribution in [1.82, 2.24) is 9.80 Å². The highest BCUT2D eigenvalue weighted by Crippen LogP contribution is 2.19. The van der Waals surface area contributed by atoms with Gasteiger partial charge >= 0.3 is 0 Å². The zero-order valence-electron chi connectivity index (χ0n) is 11.0. The first-order chi connectivity index (χ1) is 7.23. The molecule has 16 heavy (non-hydrogen) atoms. The minimum absolute atomic E-state index is 0.153. The topological polar surface area (TPSA) is 43.8 Å². The van der Waals surface area contributed by atoms with E-state index >= 15 is 0 Å². The third kappa shape index (κ3) is 3.19. The zero-order chi connectivity index (χ0) is 12.5. The van der Waals surface area contributed by atoms with Gasteiger partial charge in [-0.2, -0.15) is 0 Å². The van der Waals surface area contributed by atoms with Gasteiger partial charge < -0.3 is 10.0 Å². The Labute approximate surface area is 98.2 Å². The largest absolute Gasteiger partial charge is 0.388 e. The molecule has 1 heterocycles. The maximum atomic E-state index is 12.0. The van der Waals surface area contributed by atoms with Crippen molar-refractivity contribution in [2.24, 2.45) is 0 Å². The second-order valence-electron chi connectivity index (χ2n) is 5.63. The molecule has 1 amide bonds. The molecule has 1 fully saturated rings. The second-order valence-corrected chi connectivity index (χ2v) is 5.63. The summed E-state index contributed by atoms with van der Waals surface area (Å²) in [6.45, 7) is 11.6. The van der Waals surface area contributed by atoms with Crippen LogP contribution in [0.3, 0.4) is 0 Å². The third-order valence-electron chi connectivity index (χ3n) is 2.89. The van der Waals surface area contributed by atoms with Gasteiger partial charge in [-0.1, -0.05) is 0 Å². The van der Waals surface area contributed by atoms with E-state index in [2.05, 4.69) is 0 Å². The van der Waals surface area contributed by atoms with Crippen LogP contribution in [0.4, 0.5) is 0 Å².